The molecule has 1 fully saturated rings. The van der Waals surface area contributed by atoms with Crippen LogP contribution < -0.4 is 15.3 Å². The summed E-state index contributed by atoms with van der Waals surface area (Å²) in [4.78, 5) is 29.3. The molecule has 33 heavy (non-hydrogen) atoms. The van der Waals surface area contributed by atoms with Gasteiger partial charge in [0, 0.05) is 49.9 Å². The van der Waals surface area contributed by atoms with E-state index in [-0.39, 0.29) is 12.2 Å². The number of esters is 1. The highest BCUT2D eigenvalue weighted by atomic mass is 16.5. The molecular formula is C26H30N2O5. The highest BCUT2D eigenvalue weighted by Gasteiger charge is 2.20. The van der Waals surface area contributed by atoms with Gasteiger partial charge in [0.2, 0.25) is 0 Å². The van der Waals surface area contributed by atoms with E-state index in [0.717, 1.165) is 39.1 Å². The zero-order valence-electron chi connectivity index (χ0n) is 19.2. The number of benzene rings is 2. The number of anilines is 1. The lowest BCUT2D eigenvalue weighted by Crippen LogP contribution is -2.46. The fourth-order valence-corrected chi connectivity index (χ4v) is 4.21. The van der Waals surface area contributed by atoms with Gasteiger partial charge in [-0.05, 0) is 50.1 Å². The van der Waals surface area contributed by atoms with Gasteiger partial charge in [-0.15, -0.1) is 0 Å². The molecule has 0 saturated carbocycles. The predicted octanol–water partition coefficient (Wildman–Crippen LogP) is 3.87. The van der Waals surface area contributed by atoms with Crippen molar-refractivity contribution < 1.29 is 18.7 Å². The second-order valence-electron chi connectivity index (χ2n) is 8.13. The quantitative estimate of drug-likeness (QED) is 0.293. The number of carbonyl (C=O) groups is 1. The molecule has 4 rings (SSSR count). The smallest absolute Gasteiger partial charge is 0.351 e. The minimum absolute atomic E-state index is 0.0506. The molecule has 0 N–H and O–H groups in total. The largest absolute Gasteiger partial charge is 0.493 e. The van der Waals surface area contributed by atoms with Crippen molar-refractivity contribution in [3.63, 3.8) is 0 Å². The number of para-hydroxylation sites is 1. The Morgan fingerprint density at radius 1 is 1.06 bits per heavy atom. The normalized spacial score (nSPS) is 14.4. The van der Waals surface area contributed by atoms with E-state index >= 15 is 0 Å². The summed E-state index contributed by atoms with van der Waals surface area (Å²) in [6, 6.07) is 15.9. The van der Waals surface area contributed by atoms with E-state index in [9.17, 15) is 9.59 Å². The van der Waals surface area contributed by atoms with Crippen LogP contribution in [0.4, 0.5) is 5.69 Å². The van der Waals surface area contributed by atoms with Gasteiger partial charge in [0.15, 0.2) is 0 Å². The van der Waals surface area contributed by atoms with Crippen molar-refractivity contribution in [1.29, 1.82) is 0 Å². The maximum Gasteiger partial charge on any atom is 0.351 e. The SMILES string of the molecule is CCOC(=O)c1c(C)c2ccc(OCCCN3CCN(c4ccccc4)CC3)cc2oc1=O. The van der Waals surface area contributed by atoms with Crippen LogP contribution >= 0.6 is 0 Å². The van der Waals surface area contributed by atoms with Crippen LogP contribution in [-0.2, 0) is 4.74 Å². The summed E-state index contributed by atoms with van der Waals surface area (Å²) in [5.74, 6) is -0.0154. The van der Waals surface area contributed by atoms with Gasteiger partial charge < -0.3 is 18.8 Å². The van der Waals surface area contributed by atoms with Gasteiger partial charge >= 0.3 is 11.6 Å². The molecule has 0 amide bonds. The van der Waals surface area contributed by atoms with Crippen LogP contribution in [-0.4, -0.2) is 56.8 Å². The third-order valence-corrected chi connectivity index (χ3v) is 6.00. The Morgan fingerprint density at radius 2 is 1.82 bits per heavy atom. The van der Waals surface area contributed by atoms with Crippen LogP contribution in [0, 0.1) is 6.92 Å². The van der Waals surface area contributed by atoms with Crippen molar-refractivity contribution in [2.45, 2.75) is 20.3 Å². The number of hydrogen-bond acceptors (Lipinski definition) is 7. The molecule has 0 spiro atoms. The molecule has 0 radical (unpaired) electrons. The first-order valence-electron chi connectivity index (χ1n) is 11.5. The Balaban J connectivity index is 1.29. The zero-order chi connectivity index (χ0) is 23.2. The van der Waals surface area contributed by atoms with E-state index in [0.29, 0.717) is 28.9 Å². The molecule has 1 aliphatic rings. The Bertz CT molecular complexity index is 1150. The summed E-state index contributed by atoms with van der Waals surface area (Å²) in [5.41, 5.74) is 1.50. The molecule has 2 aromatic carbocycles. The molecule has 0 bridgehead atoms. The standard InChI is InChI=1S/C26H30N2O5/c1-3-31-25(29)24-19(2)22-11-10-21(18-23(22)33-26(24)30)32-17-7-12-27-13-15-28(16-14-27)20-8-5-4-6-9-20/h4-6,8-11,18H,3,7,12-17H2,1-2H3. The molecule has 1 saturated heterocycles. The first-order chi connectivity index (χ1) is 16.1. The summed E-state index contributed by atoms with van der Waals surface area (Å²) >= 11 is 0. The zero-order valence-corrected chi connectivity index (χ0v) is 19.2. The molecule has 0 atom stereocenters. The van der Waals surface area contributed by atoms with E-state index in [1.165, 1.54) is 5.69 Å². The van der Waals surface area contributed by atoms with Gasteiger partial charge in [-0.25, -0.2) is 9.59 Å². The number of hydrogen-bond donors (Lipinski definition) is 0. The summed E-state index contributed by atoms with van der Waals surface area (Å²) in [6.07, 6.45) is 0.911. The second-order valence-corrected chi connectivity index (χ2v) is 8.13. The molecule has 1 aromatic heterocycles. The lowest BCUT2D eigenvalue weighted by Gasteiger charge is -2.36. The first kappa shape index (κ1) is 22.9. The molecule has 7 nitrogen and oxygen atoms in total. The van der Waals surface area contributed by atoms with E-state index in [1.54, 1.807) is 19.9 Å². The first-order valence-corrected chi connectivity index (χ1v) is 11.5. The van der Waals surface area contributed by atoms with Crippen molar-refractivity contribution >= 4 is 22.6 Å². The highest BCUT2D eigenvalue weighted by Crippen LogP contribution is 2.24. The highest BCUT2D eigenvalue weighted by molar-refractivity contribution is 5.96. The maximum absolute atomic E-state index is 12.3. The fourth-order valence-electron chi connectivity index (χ4n) is 4.21. The van der Waals surface area contributed by atoms with Gasteiger partial charge in [0.1, 0.15) is 16.9 Å². The number of carbonyl (C=O) groups excluding carboxylic acids is 1. The van der Waals surface area contributed by atoms with E-state index in [2.05, 4.69) is 34.1 Å². The predicted molar refractivity (Wildman–Crippen MR) is 128 cm³/mol. The lowest BCUT2D eigenvalue weighted by molar-refractivity contribution is 0.0521. The Morgan fingerprint density at radius 3 is 2.55 bits per heavy atom. The Hall–Kier alpha value is -3.32. The van der Waals surface area contributed by atoms with Gasteiger partial charge in [-0.2, -0.15) is 0 Å². The second kappa shape index (κ2) is 10.5. The minimum atomic E-state index is -0.690. The molecule has 7 heteroatoms. The van der Waals surface area contributed by atoms with Crippen LogP contribution in [0.2, 0.25) is 0 Å². The molecule has 1 aliphatic heterocycles. The molecule has 174 valence electrons. The van der Waals surface area contributed by atoms with E-state index < -0.39 is 11.6 Å². The van der Waals surface area contributed by atoms with Crippen molar-refractivity contribution in [1.82, 2.24) is 4.90 Å². The number of nitrogens with zero attached hydrogens (tertiary/aromatic N) is 2. The molecule has 3 aromatic rings. The minimum Gasteiger partial charge on any atom is -0.493 e. The molecule has 2 heterocycles. The number of aryl methyl sites for hydroxylation is 1. The van der Waals surface area contributed by atoms with Crippen LogP contribution in [0.5, 0.6) is 5.75 Å². The summed E-state index contributed by atoms with van der Waals surface area (Å²) in [7, 11) is 0. The average molecular weight is 451 g/mol. The third kappa shape index (κ3) is 5.37. The molecular weight excluding hydrogens is 420 g/mol. The van der Waals surface area contributed by atoms with Crippen LogP contribution in [0.1, 0.15) is 29.3 Å². The molecule has 0 aliphatic carbocycles. The van der Waals surface area contributed by atoms with Crippen molar-refractivity contribution in [3.05, 3.63) is 70.1 Å². The third-order valence-electron chi connectivity index (χ3n) is 6.00. The number of rotatable bonds is 8. The topological polar surface area (TPSA) is 72.2 Å². The summed E-state index contributed by atoms with van der Waals surface area (Å²) < 4.78 is 16.3. The van der Waals surface area contributed by atoms with Crippen LogP contribution in [0.15, 0.2) is 57.7 Å². The summed E-state index contributed by atoms with van der Waals surface area (Å²) in [5, 5.41) is 0.696. The average Bonchev–Trinajstić information content (AvgIpc) is 2.83. The van der Waals surface area contributed by atoms with E-state index in [4.69, 9.17) is 13.9 Å². The number of piperazine rings is 1. The Kier molecular flexibility index (Phi) is 7.29. The maximum atomic E-state index is 12.3. The number of ether oxygens (including phenoxy) is 2. The van der Waals surface area contributed by atoms with E-state index in [1.807, 2.05) is 18.2 Å². The van der Waals surface area contributed by atoms with Gasteiger partial charge in [0.25, 0.3) is 0 Å². The summed E-state index contributed by atoms with van der Waals surface area (Å²) in [6.45, 7) is 9.32. The lowest BCUT2D eigenvalue weighted by atomic mass is 10.1. The Labute approximate surface area is 193 Å². The molecule has 0 unspecified atom stereocenters. The van der Waals surface area contributed by atoms with Gasteiger partial charge in [-0.1, -0.05) is 18.2 Å². The van der Waals surface area contributed by atoms with Crippen molar-refractivity contribution in [3.8, 4) is 5.75 Å². The van der Waals surface area contributed by atoms with Crippen LogP contribution in [0.25, 0.3) is 11.0 Å². The fraction of sp³-hybridized carbons (Fsp3) is 0.385. The number of fused-ring (bicyclic) bond motifs is 1. The van der Waals surface area contributed by atoms with Gasteiger partial charge in [0.05, 0.1) is 13.2 Å². The van der Waals surface area contributed by atoms with Gasteiger partial charge in [-0.3, -0.25) is 4.90 Å². The van der Waals surface area contributed by atoms with Crippen molar-refractivity contribution in [2.24, 2.45) is 0 Å². The van der Waals surface area contributed by atoms with Crippen LogP contribution in [0.3, 0.4) is 0 Å². The monoisotopic (exact) mass is 450 g/mol. The van der Waals surface area contributed by atoms with Crippen molar-refractivity contribution in [2.75, 3.05) is 50.8 Å².